The number of methoxy groups -OCH3 is 2. The van der Waals surface area contributed by atoms with Gasteiger partial charge in [-0.15, -0.1) is 0 Å². The average Bonchev–Trinajstić information content (AvgIpc) is 3.56. The monoisotopic (exact) mass is 426 g/mol. The second kappa shape index (κ2) is 8.19. The number of rotatable bonds is 7. The summed E-state index contributed by atoms with van der Waals surface area (Å²) in [4.78, 5) is 11.6. The van der Waals surface area contributed by atoms with Crippen LogP contribution < -0.4 is 20.1 Å². The molecule has 7 heteroatoms. The minimum absolute atomic E-state index is 0.480. The maximum Gasteiger partial charge on any atom is 0.141 e. The van der Waals surface area contributed by atoms with Gasteiger partial charge < -0.3 is 20.1 Å². The largest absolute Gasteiger partial charge is 0.496 e. The van der Waals surface area contributed by atoms with Crippen LogP contribution in [0.3, 0.4) is 0 Å². The molecule has 2 heterocycles. The molecule has 0 radical (unpaired) electrons. The SMILES string of the molecule is CCc1c(OC)cc(OC)c(Cl)c1-c1cc2cnc(N)cc2c(N(C)CC2CC2)n1. The number of halogens is 1. The lowest BCUT2D eigenvalue weighted by Gasteiger charge is -2.23. The van der Waals surface area contributed by atoms with Gasteiger partial charge in [0.05, 0.1) is 24.9 Å². The molecule has 0 amide bonds. The molecule has 0 unspecified atom stereocenters. The van der Waals surface area contributed by atoms with Crippen LogP contribution in [0.5, 0.6) is 11.5 Å². The Hall–Kier alpha value is -2.73. The topological polar surface area (TPSA) is 73.5 Å². The van der Waals surface area contributed by atoms with Gasteiger partial charge in [-0.05, 0) is 37.3 Å². The number of aromatic nitrogens is 2. The number of hydrogen-bond acceptors (Lipinski definition) is 6. The summed E-state index contributed by atoms with van der Waals surface area (Å²) in [5, 5.41) is 2.48. The van der Waals surface area contributed by atoms with Crippen LogP contribution in [0.1, 0.15) is 25.3 Å². The molecule has 4 rings (SSSR count). The van der Waals surface area contributed by atoms with Crippen LogP contribution in [0.2, 0.25) is 5.02 Å². The van der Waals surface area contributed by atoms with E-state index in [1.54, 1.807) is 20.4 Å². The van der Waals surface area contributed by atoms with Gasteiger partial charge in [-0.3, -0.25) is 0 Å². The molecule has 158 valence electrons. The molecule has 1 aromatic carbocycles. The Kier molecular flexibility index (Phi) is 5.60. The van der Waals surface area contributed by atoms with E-state index < -0.39 is 0 Å². The molecule has 0 atom stereocenters. The molecule has 0 bridgehead atoms. The number of hydrogen-bond donors (Lipinski definition) is 1. The minimum Gasteiger partial charge on any atom is -0.496 e. The molecule has 2 N–H and O–H groups in total. The number of anilines is 2. The molecule has 1 aliphatic rings. The fourth-order valence-corrected chi connectivity index (χ4v) is 4.28. The second-order valence-electron chi connectivity index (χ2n) is 7.79. The molecule has 0 spiro atoms. The number of pyridine rings is 2. The van der Waals surface area contributed by atoms with E-state index in [9.17, 15) is 0 Å². The van der Waals surface area contributed by atoms with Crippen LogP contribution in [0.15, 0.2) is 24.4 Å². The smallest absolute Gasteiger partial charge is 0.141 e. The van der Waals surface area contributed by atoms with Crippen molar-refractivity contribution in [3.63, 3.8) is 0 Å². The van der Waals surface area contributed by atoms with Gasteiger partial charge >= 0.3 is 0 Å². The van der Waals surface area contributed by atoms with Crippen LogP contribution in [-0.4, -0.2) is 37.8 Å². The Balaban J connectivity index is 1.98. The third kappa shape index (κ3) is 3.72. The normalized spacial score (nSPS) is 13.5. The van der Waals surface area contributed by atoms with E-state index in [1.807, 2.05) is 18.2 Å². The molecule has 1 aliphatic carbocycles. The predicted molar refractivity (Wildman–Crippen MR) is 123 cm³/mol. The van der Waals surface area contributed by atoms with Crippen LogP contribution in [-0.2, 0) is 6.42 Å². The average molecular weight is 427 g/mol. The third-order valence-corrected chi connectivity index (χ3v) is 6.03. The molecular formula is C23H27ClN4O2. The first-order valence-electron chi connectivity index (χ1n) is 10.2. The molecule has 0 saturated heterocycles. The van der Waals surface area contributed by atoms with Crippen LogP contribution in [0.25, 0.3) is 22.0 Å². The van der Waals surface area contributed by atoms with Crippen molar-refractivity contribution in [3.8, 4) is 22.8 Å². The molecule has 3 aromatic rings. The molecule has 0 aliphatic heterocycles. The number of ether oxygens (including phenoxy) is 2. The van der Waals surface area contributed by atoms with Crippen molar-refractivity contribution >= 4 is 34.0 Å². The lowest BCUT2D eigenvalue weighted by molar-refractivity contribution is 0.392. The van der Waals surface area contributed by atoms with E-state index in [0.717, 1.165) is 58.0 Å². The van der Waals surface area contributed by atoms with E-state index in [4.69, 9.17) is 31.8 Å². The van der Waals surface area contributed by atoms with E-state index in [2.05, 4.69) is 23.9 Å². The molecule has 1 saturated carbocycles. The van der Waals surface area contributed by atoms with Crippen LogP contribution in [0.4, 0.5) is 11.6 Å². The minimum atomic E-state index is 0.480. The summed E-state index contributed by atoms with van der Waals surface area (Å²) in [6.45, 7) is 3.04. The van der Waals surface area contributed by atoms with Gasteiger partial charge in [0.2, 0.25) is 0 Å². The van der Waals surface area contributed by atoms with Crippen molar-refractivity contribution < 1.29 is 9.47 Å². The zero-order valence-corrected chi connectivity index (χ0v) is 18.6. The van der Waals surface area contributed by atoms with Gasteiger partial charge in [-0.1, -0.05) is 18.5 Å². The standard InChI is InChI=1S/C23H27ClN4O2/c1-5-15-18(29-3)10-19(30-4)22(24)21(15)17-8-14-11-26-20(25)9-16(14)23(27-17)28(2)12-13-6-7-13/h8-11,13H,5-7,12H2,1-4H3,(H2,25,26). The summed E-state index contributed by atoms with van der Waals surface area (Å²) in [5.74, 6) is 3.38. The molecular weight excluding hydrogens is 400 g/mol. The zero-order chi connectivity index (χ0) is 21.4. The summed E-state index contributed by atoms with van der Waals surface area (Å²) in [6.07, 6.45) is 5.07. The van der Waals surface area contributed by atoms with Crippen LogP contribution in [0, 0.1) is 5.92 Å². The predicted octanol–water partition coefficient (Wildman–Crippen LogP) is 4.96. The Morgan fingerprint density at radius 3 is 2.53 bits per heavy atom. The van der Waals surface area contributed by atoms with Gasteiger partial charge in [0.25, 0.3) is 0 Å². The Morgan fingerprint density at radius 1 is 1.17 bits per heavy atom. The molecule has 30 heavy (non-hydrogen) atoms. The molecule has 2 aromatic heterocycles. The van der Waals surface area contributed by atoms with Crippen molar-refractivity contribution in [2.75, 3.05) is 38.4 Å². The van der Waals surface area contributed by atoms with Crippen molar-refractivity contribution in [1.29, 1.82) is 0 Å². The van der Waals surface area contributed by atoms with Crippen molar-refractivity contribution in [1.82, 2.24) is 9.97 Å². The highest BCUT2D eigenvalue weighted by molar-refractivity contribution is 6.35. The van der Waals surface area contributed by atoms with E-state index in [1.165, 1.54) is 12.8 Å². The molecule has 6 nitrogen and oxygen atoms in total. The fraction of sp³-hybridized carbons (Fsp3) is 0.391. The van der Waals surface area contributed by atoms with Gasteiger partial charge in [0.15, 0.2) is 0 Å². The molecule has 1 fully saturated rings. The lowest BCUT2D eigenvalue weighted by Crippen LogP contribution is -2.21. The number of nitrogens with two attached hydrogens (primary N) is 1. The zero-order valence-electron chi connectivity index (χ0n) is 17.8. The highest BCUT2D eigenvalue weighted by Crippen LogP contribution is 2.44. The van der Waals surface area contributed by atoms with Gasteiger partial charge in [0.1, 0.15) is 23.1 Å². The highest BCUT2D eigenvalue weighted by Gasteiger charge is 2.26. The first kappa shape index (κ1) is 20.5. The highest BCUT2D eigenvalue weighted by atomic mass is 35.5. The van der Waals surface area contributed by atoms with Gasteiger partial charge in [-0.25, -0.2) is 9.97 Å². The number of nitrogen functional groups attached to an aromatic ring is 1. The quantitative estimate of drug-likeness (QED) is 0.575. The number of fused-ring (bicyclic) bond motifs is 1. The van der Waals surface area contributed by atoms with Crippen molar-refractivity contribution in [3.05, 3.63) is 35.0 Å². The summed E-state index contributed by atoms with van der Waals surface area (Å²) >= 11 is 6.79. The Morgan fingerprint density at radius 2 is 1.90 bits per heavy atom. The maximum atomic E-state index is 6.79. The van der Waals surface area contributed by atoms with E-state index in [0.29, 0.717) is 16.6 Å². The van der Waals surface area contributed by atoms with Crippen molar-refractivity contribution in [2.24, 2.45) is 5.92 Å². The van der Waals surface area contributed by atoms with Gasteiger partial charge in [0, 0.05) is 47.8 Å². The van der Waals surface area contributed by atoms with E-state index >= 15 is 0 Å². The van der Waals surface area contributed by atoms with Gasteiger partial charge in [-0.2, -0.15) is 0 Å². The lowest BCUT2D eigenvalue weighted by atomic mass is 9.98. The summed E-state index contributed by atoms with van der Waals surface area (Å²) in [5.41, 5.74) is 8.58. The summed E-state index contributed by atoms with van der Waals surface area (Å²) < 4.78 is 11.1. The van der Waals surface area contributed by atoms with E-state index in [-0.39, 0.29) is 0 Å². The Bertz CT molecular complexity index is 1100. The first-order chi connectivity index (χ1) is 14.5. The van der Waals surface area contributed by atoms with Crippen molar-refractivity contribution in [2.45, 2.75) is 26.2 Å². The second-order valence-corrected chi connectivity index (χ2v) is 8.17. The Labute approximate surface area is 182 Å². The van der Waals surface area contributed by atoms with Crippen LogP contribution >= 0.6 is 11.6 Å². The third-order valence-electron chi connectivity index (χ3n) is 5.65. The fourth-order valence-electron chi connectivity index (χ4n) is 3.94. The summed E-state index contributed by atoms with van der Waals surface area (Å²) in [7, 11) is 5.33. The number of benzene rings is 1. The first-order valence-corrected chi connectivity index (χ1v) is 10.6. The number of nitrogens with zero attached hydrogens (tertiary/aromatic N) is 3. The maximum absolute atomic E-state index is 6.79. The summed E-state index contributed by atoms with van der Waals surface area (Å²) in [6, 6.07) is 5.73.